The van der Waals surface area contributed by atoms with Crippen LogP contribution in [0.1, 0.15) is 356 Å². The van der Waals surface area contributed by atoms with Gasteiger partial charge in [0.1, 0.15) is 19.3 Å². The summed E-state index contributed by atoms with van der Waals surface area (Å²) in [4.78, 5) is 72.5. The predicted molar refractivity (Wildman–Crippen MR) is 358 cm³/mol. The molecule has 528 valence electrons. The van der Waals surface area contributed by atoms with Gasteiger partial charge in [0.05, 0.1) is 26.4 Å². The van der Waals surface area contributed by atoms with Crippen molar-refractivity contribution in [2.75, 3.05) is 39.6 Å². The minimum absolute atomic E-state index is 0.106. The van der Waals surface area contributed by atoms with Gasteiger partial charge in [0.2, 0.25) is 0 Å². The van der Waals surface area contributed by atoms with Crippen LogP contribution in [0.3, 0.4) is 0 Å². The highest BCUT2D eigenvalue weighted by Crippen LogP contribution is 2.45. The maximum absolute atomic E-state index is 13.0. The smallest absolute Gasteiger partial charge is 0.462 e. The van der Waals surface area contributed by atoms with Crippen molar-refractivity contribution >= 4 is 39.5 Å². The average molecular weight is 1310 g/mol. The zero-order valence-corrected chi connectivity index (χ0v) is 59.5. The van der Waals surface area contributed by atoms with Gasteiger partial charge < -0.3 is 33.8 Å². The van der Waals surface area contributed by atoms with Crippen molar-refractivity contribution in [2.45, 2.75) is 374 Å². The van der Waals surface area contributed by atoms with E-state index in [9.17, 15) is 43.2 Å². The third kappa shape index (κ3) is 64.6. The van der Waals surface area contributed by atoms with Crippen molar-refractivity contribution in [1.82, 2.24) is 0 Å². The summed E-state index contributed by atoms with van der Waals surface area (Å²) in [6, 6.07) is 0. The van der Waals surface area contributed by atoms with Crippen LogP contribution in [0.15, 0.2) is 0 Å². The Labute approximate surface area is 543 Å². The first-order valence-corrected chi connectivity index (χ1v) is 39.5. The molecule has 0 spiro atoms. The van der Waals surface area contributed by atoms with E-state index in [4.69, 9.17) is 37.0 Å². The summed E-state index contributed by atoms with van der Waals surface area (Å²) in [7, 11) is -9.90. The van der Waals surface area contributed by atoms with Gasteiger partial charge in [-0.1, -0.05) is 305 Å². The Bertz CT molecular complexity index is 1730. The molecule has 0 aromatic carbocycles. The molecule has 0 saturated carbocycles. The van der Waals surface area contributed by atoms with Crippen molar-refractivity contribution in [3.63, 3.8) is 0 Å². The molecule has 89 heavy (non-hydrogen) atoms. The Morgan fingerprint density at radius 3 is 0.764 bits per heavy atom. The van der Waals surface area contributed by atoms with E-state index in [1.54, 1.807) is 0 Å². The second-order valence-electron chi connectivity index (χ2n) is 26.2. The highest BCUT2D eigenvalue weighted by atomic mass is 31.2. The molecule has 19 heteroatoms. The van der Waals surface area contributed by atoms with E-state index < -0.39 is 97.5 Å². The fourth-order valence-corrected chi connectivity index (χ4v) is 12.2. The molecule has 0 aliphatic heterocycles. The summed E-state index contributed by atoms with van der Waals surface area (Å²) in [5.74, 6) is -0.679. The van der Waals surface area contributed by atoms with E-state index in [1.807, 2.05) is 0 Å². The van der Waals surface area contributed by atoms with E-state index in [2.05, 4.69) is 41.5 Å². The zero-order chi connectivity index (χ0) is 65.7. The van der Waals surface area contributed by atoms with Crippen LogP contribution < -0.4 is 0 Å². The van der Waals surface area contributed by atoms with Crippen LogP contribution in [0.4, 0.5) is 0 Å². The molecule has 0 saturated heterocycles. The predicted octanol–water partition coefficient (Wildman–Crippen LogP) is 20.0. The Balaban J connectivity index is 5.24. The molecule has 5 atom stereocenters. The Morgan fingerprint density at radius 1 is 0.303 bits per heavy atom. The number of aliphatic hydroxyl groups excluding tert-OH is 1. The summed E-state index contributed by atoms with van der Waals surface area (Å²) in [6.45, 7) is 9.47. The average Bonchev–Trinajstić information content (AvgIpc) is 3.71. The number of phosphoric ester groups is 2. The maximum atomic E-state index is 13.0. The topological polar surface area (TPSA) is 237 Å². The number of aliphatic hydroxyl groups is 1. The van der Waals surface area contributed by atoms with Gasteiger partial charge in [-0.25, -0.2) is 9.13 Å². The third-order valence-electron chi connectivity index (χ3n) is 16.2. The summed E-state index contributed by atoms with van der Waals surface area (Å²) >= 11 is 0. The first kappa shape index (κ1) is 87.1. The number of carbonyl (C=O) groups is 4. The quantitative estimate of drug-likeness (QED) is 0.0222. The van der Waals surface area contributed by atoms with Crippen LogP contribution in [-0.2, 0) is 65.4 Å². The second-order valence-corrected chi connectivity index (χ2v) is 29.1. The third-order valence-corrected chi connectivity index (χ3v) is 18.1. The highest BCUT2D eigenvalue weighted by Gasteiger charge is 2.30. The first-order valence-electron chi connectivity index (χ1n) is 36.5. The largest absolute Gasteiger partial charge is 0.472 e. The standard InChI is InChI=1S/C70H136O17P2/c1-7-9-11-13-15-17-19-21-22-26-29-33-40-46-52-67(72)80-58-65(86-70(75)55-49-43-35-31-27-23-24-28-32-38-44-50-62(3)4)60-84-88(76,77)82-56-64(71)57-83-89(78,79)85-61-66(59-81-68(73)53-47-41-37-36-39-45-51-63(5)6)87-69(74)54-48-42-34-30-25-20-18-16-14-12-10-8-2/h62-66,71H,7-61H2,1-6H3,(H,76,77)(H,78,79)/t64-,65-,66-/m1/s1. The van der Waals surface area contributed by atoms with Gasteiger partial charge in [-0.15, -0.1) is 0 Å². The van der Waals surface area contributed by atoms with E-state index in [1.165, 1.54) is 167 Å². The van der Waals surface area contributed by atoms with Crippen LogP contribution in [0.5, 0.6) is 0 Å². The van der Waals surface area contributed by atoms with Gasteiger partial charge >= 0.3 is 39.5 Å². The van der Waals surface area contributed by atoms with Gasteiger partial charge in [-0.05, 0) is 37.5 Å². The summed E-state index contributed by atoms with van der Waals surface area (Å²) < 4.78 is 68.3. The first-order chi connectivity index (χ1) is 42.9. The van der Waals surface area contributed by atoms with Gasteiger partial charge in [0.15, 0.2) is 12.2 Å². The number of rotatable bonds is 69. The molecule has 0 heterocycles. The van der Waals surface area contributed by atoms with Crippen LogP contribution >= 0.6 is 15.6 Å². The second kappa shape index (κ2) is 62.2. The molecule has 3 N–H and O–H groups in total. The summed E-state index contributed by atoms with van der Waals surface area (Å²) in [6.07, 6.45) is 47.2. The maximum Gasteiger partial charge on any atom is 0.472 e. The minimum atomic E-state index is -4.95. The fourth-order valence-electron chi connectivity index (χ4n) is 10.6. The number of esters is 4. The Kier molecular flexibility index (Phi) is 60.8. The van der Waals surface area contributed by atoms with Crippen LogP contribution in [-0.4, -0.2) is 96.7 Å². The molecule has 0 aliphatic carbocycles. The number of hydrogen-bond donors (Lipinski definition) is 3. The zero-order valence-electron chi connectivity index (χ0n) is 57.7. The monoisotopic (exact) mass is 1310 g/mol. The SMILES string of the molecule is CCCCCCCCCCCCCCCCC(=O)OC[C@H](COP(=O)(O)OC[C@@H](O)COP(=O)(O)OC[C@@H](COC(=O)CCCCCCCCC(C)C)OC(=O)CCCCCCCCCCCCCC)OC(=O)CCCCCCCCCCCCCC(C)C. The molecule has 0 aromatic heterocycles. The number of ether oxygens (including phenoxy) is 4. The lowest BCUT2D eigenvalue weighted by Gasteiger charge is -2.21. The molecule has 17 nitrogen and oxygen atoms in total. The van der Waals surface area contributed by atoms with Gasteiger partial charge in [0.25, 0.3) is 0 Å². The van der Waals surface area contributed by atoms with E-state index in [-0.39, 0.29) is 25.7 Å². The lowest BCUT2D eigenvalue weighted by molar-refractivity contribution is -0.161. The molecular weight excluding hydrogens is 1170 g/mol. The van der Waals surface area contributed by atoms with Crippen molar-refractivity contribution in [2.24, 2.45) is 11.8 Å². The van der Waals surface area contributed by atoms with E-state index >= 15 is 0 Å². The normalized spacial score (nSPS) is 14.1. The van der Waals surface area contributed by atoms with Crippen molar-refractivity contribution < 1.29 is 80.2 Å². The fraction of sp³-hybridized carbons (Fsp3) is 0.943. The number of phosphoric acid groups is 2. The van der Waals surface area contributed by atoms with Gasteiger partial charge in [0, 0.05) is 25.7 Å². The summed E-state index contributed by atoms with van der Waals surface area (Å²) in [5.41, 5.74) is 0. The summed E-state index contributed by atoms with van der Waals surface area (Å²) in [5, 5.41) is 10.6. The van der Waals surface area contributed by atoms with Crippen LogP contribution in [0.2, 0.25) is 0 Å². The molecule has 0 radical (unpaired) electrons. The molecule has 0 aromatic rings. The van der Waals surface area contributed by atoms with Gasteiger partial charge in [-0.2, -0.15) is 0 Å². The number of carbonyl (C=O) groups excluding carboxylic acids is 4. The van der Waals surface area contributed by atoms with Crippen molar-refractivity contribution in [3.05, 3.63) is 0 Å². The van der Waals surface area contributed by atoms with Crippen LogP contribution in [0, 0.1) is 11.8 Å². The number of unbranched alkanes of at least 4 members (excludes halogenated alkanes) is 39. The highest BCUT2D eigenvalue weighted by molar-refractivity contribution is 7.47. The Hall–Kier alpha value is -1.94. The molecule has 0 rings (SSSR count). The lowest BCUT2D eigenvalue weighted by Crippen LogP contribution is -2.30. The molecule has 2 unspecified atom stereocenters. The molecular formula is C70H136O17P2. The molecule has 0 bridgehead atoms. The Morgan fingerprint density at radius 2 is 0.517 bits per heavy atom. The number of hydrogen-bond acceptors (Lipinski definition) is 15. The lowest BCUT2D eigenvalue weighted by atomic mass is 10.0. The molecule has 0 amide bonds. The minimum Gasteiger partial charge on any atom is -0.462 e. The molecule has 0 fully saturated rings. The molecule has 0 aliphatic rings. The van der Waals surface area contributed by atoms with Crippen LogP contribution in [0.25, 0.3) is 0 Å². The van der Waals surface area contributed by atoms with Crippen molar-refractivity contribution in [3.8, 4) is 0 Å². The van der Waals surface area contributed by atoms with E-state index in [0.29, 0.717) is 31.6 Å². The van der Waals surface area contributed by atoms with Gasteiger partial charge in [-0.3, -0.25) is 37.3 Å². The van der Waals surface area contributed by atoms with Crippen molar-refractivity contribution in [1.29, 1.82) is 0 Å². The van der Waals surface area contributed by atoms with E-state index in [0.717, 1.165) is 102 Å².